The van der Waals surface area contributed by atoms with Crippen LogP contribution in [-0.2, 0) is 25.6 Å². The van der Waals surface area contributed by atoms with Gasteiger partial charge in [0.1, 0.15) is 18.1 Å². The van der Waals surface area contributed by atoms with Gasteiger partial charge in [0.2, 0.25) is 17.7 Å². The summed E-state index contributed by atoms with van der Waals surface area (Å²) >= 11 is 0. The number of aliphatic hydroxyl groups excluding tert-OH is 2. The molecule has 33 heavy (non-hydrogen) atoms. The van der Waals surface area contributed by atoms with Crippen molar-refractivity contribution in [2.45, 2.75) is 70.5 Å². The van der Waals surface area contributed by atoms with Gasteiger partial charge in [0.05, 0.1) is 12.2 Å². The predicted molar refractivity (Wildman–Crippen MR) is 120 cm³/mol. The van der Waals surface area contributed by atoms with E-state index < -0.39 is 66.0 Å². The van der Waals surface area contributed by atoms with Crippen molar-refractivity contribution in [3.05, 3.63) is 35.9 Å². The second-order valence-electron chi connectivity index (χ2n) is 8.31. The van der Waals surface area contributed by atoms with Gasteiger partial charge in [0.15, 0.2) is 6.04 Å². The Morgan fingerprint density at radius 1 is 0.818 bits per heavy atom. The van der Waals surface area contributed by atoms with Gasteiger partial charge in [-0.25, -0.2) is 4.79 Å². The quantitative estimate of drug-likeness (QED) is 0.194. The number of aliphatic carboxylic acids is 1. The molecule has 0 saturated carbocycles. The van der Waals surface area contributed by atoms with Crippen molar-refractivity contribution in [1.29, 1.82) is 0 Å². The maximum Gasteiger partial charge on any atom is 0.328 e. The molecule has 0 aliphatic heterocycles. The van der Waals surface area contributed by atoms with Crippen LogP contribution in [0.3, 0.4) is 0 Å². The lowest BCUT2D eigenvalue weighted by Gasteiger charge is -2.28. The summed E-state index contributed by atoms with van der Waals surface area (Å²) in [5, 5.41) is 35.7. The van der Waals surface area contributed by atoms with Crippen molar-refractivity contribution >= 4 is 23.7 Å². The summed E-state index contributed by atoms with van der Waals surface area (Å²) in [5.41, 5.74) is 6.40. The maximum atomic E-state index is 13.1. The molecule has 11 heteroatoms. The van der Waals surface area contributed by atoms with Crippen molar-refractivity contribution in [1.82, 2.24) is 16.0 Å². The summed E-state index contributed by atoms with van der Waals surface area (Å²) < 4.78 is 0. The van der Waals surface area contributed by atoms with Crippen molar-refractivity contribution in [3.8, 4) is 0 Å². The van der Waals surface area contributed by atoms with Crippen LogP contribution in [-0.4, -0.2) is 75.4 Å². The monoisotopic (exact) mass is 466 g/mol. The average Bonchev–Trinajstić information content (AvgIpc) is 2.74. The molecule has 0 aromatic heterocycles. The molecule has 0 bridgehead atoms. The molecule has 6 unspecified atom stereocenters. The Kier molecular flexibility index (Phi) is 10.9. The number of benzene rings is 1. The Morgan fingerprint density at radius 3 is 1.82 bits per heavy atom. The number of carbonyl (C=O) groups is 4. The van der Waals surface area contributed by atoms with E-state index in [1.165, 1.54) is 13.8 Å². The number of carboxylic acid groups (broad SMARTS) is 1. The lowest BCUT2D eigenvalue weighted by molar-refractivity contribution is -0.145. The first-order valence-corrected chi connectivity index (χ1v) is 10.6. The molecule has 1 aromatic rings. The van der Waals surface area contributed by atoms with Crippen LogP contribution < -0.4 is 21.7 Å². The largest absolute Gasteiger partial charge is 0.480 e. The minimum atomic E-state index is -1.56. The Morgan fingerprint density at radius 2 is 1.36 bits per heavy atom. The summed E-state index contributed by atoms with van der Waals surface area (Å²) in [7, 11) is 0. The van der Waals surface area contributed by atoms with E-state index in [0.29, 0.717) is 0 Å². The highest BCUT2D eigenvalue weighted by molar-refractivity contribution is 5.94. The van der Waals surface area contributed by atoms with Gasteiger partial charge in [-0.05, 0) is 25.3 Å². The second kappa shape index (κ2) is 12.9. The fourth-order valence-electron chi connectivity index (χ4n) is 2.97. The lowest BCUT2D eigenvalue weighted by Crippen LogP contribution is -2.60. The topological polar surface area (TPSA) is 191 Å². The third-order valence-electron chi connectivity index (χ3n) is 5.03. The second-order valence-corrected chi connectivity index (χ2v) is 8.31. The smallest absolute Gasteiger partial charge is 0.328 e. The number of rotatable bonds is 12. The van der Waals surface area contributed by atoms with Gasteiger partial charge in [0.25, 0.3) is 0 Å². The van der Waals surface area contributed by atoms with Crippen molar-refractivity contribution in [2.24, 2.45) is 11.7 Å². The number of hydrogen-bond donors (Lipinski definition) is 7. The third-order valence-corrected chi connectivity index (χ3v) is 5.03. The van der Waals surface area contributed by atoms with Gasteiger partial charge >= 0.3 is 5.97 Å². The minimum absolute atomic E-state index is 0.0861. The molecule has 1 rings (SSSR count). The van der Waals surface area contributed by atoms with E-state index in [9.17, 15) is 34.5 Å². The fourth-order valence-corrected chi connectivity index (χ4v) is 2.97. The molecule has 3 amide bonds. The number of carbonyl (C=O) groups excluding carboxylic acids is 3. The van der Waals surface area contributed by atoms with Crippen molar-refractivity contribution in [3.63, 3.8) is 0 Å². The van der Waals surface area contributed by atoms with Crippen molar-refractivity contribution < 1.29 is 34.5 Å². The summed E-state index contributed by atoms with van der Waals surface area (Å²) in [6, 6.07) is 3.76. The van der Waals surface area contributed by atoms with Crippen LogP contribution in [0.25, 0.3) is 0 Å². The third kappa shape index (κ3) is 8.79. The SMILES string of the molecule is CC(C)C(NC(=O)C(Cc1ccccc1)NC(=O)C(N)C(C)O)C(=O)NC(C(=O)O)C(C)O. The molecule has 0 heterocycles. The van der Waals surface area contributed by atoms with Crippen LogP contribution in [0.15, 0.2) is 30.3 Å². The van der Waals surface area contributed by atoms with Crippen LogP contribution in [0.1, 0.15) is 33.3 Å². The molecular formula is C22H34N4O7. The molecule has 11 nitrogen and oxygen atoms in total. The van der Waals surface area contributed by atoms with E-state index in [4.69, 9.17) is 5.73 Å². The minimum Gasteiger partial charge on any atom is -0.480 e. The van der Waals surface area contributed by atoms with Crippen molar-refractivity contribution in [2.75, 3.05) is 0 Å². The number of aliphatic hydroxyl groups is 2. The number of hydrogen-bond acceptors (Lipinski definition) is 7. The van der Waals surface area contributed by atoms with Crippen LogP contribution in [0.2, 0.25) is 0 Å². The van der Waals surface area contributed by atoms with Crippen LogP contribution in [0, 0.1) is 5.92 Å². The molecule has 0 aliphatic rings. The van der Waals surface area contributed by atoms with Crippen LogP contribution in [0.5, 0.6) is 0 Å². The van der Waals surface area contributed by atoms with Crippen LogP contribution >= 0.6 is 0 Å². The summed E-state index contributed by atoms with van der Waals surface area (Å²) in [5.74, 6) is -4.09. The van der Waals surface area contributed by atoms with Gasteiger partial charge < -0.3 is 37.0 Å². The Labute approximate surface area is 192 Å². The Balaban J connectivity index is 3.08. The molecule has 0 fully saturated rings. The van der Waals surface area contributed by atoms with E-state index in [-0.39, 0.29) is 6.42 Å². The number of nitrogens with one attached hydrogen (secondary N) is 3. The van der Waals surface area contributed by atoms with Gasteiger partial charge in [-0.3, -0.25) is 14.4 Å². The van der Waals surface area contributed by atoms with Crippen LogP contribution in [0.4, 0.5) is 0 Å². The highest BCUT2D eigenvalue weighted by atomic mass is 16.4. The first kappa shape index (κ1) is 28.0. The zero-order valence-electron chi connectivity index (χ0n) is 19.2. The first-order chi connectivity index (χ1) is 15.3. The van der Waals surface area contributed by atoms with E-state index in [0.717, 1.165) is 5.56 Å². The first-order valence-electron chi connectivity index (χ1n) is 10.6. The Bertz CT molecular complexity index is 814. The fraction of sp³-hybridized carbons (Fsp3) is 0.545. The van der Waals surface area contributed by atoms with Gasteiger partial charge in [-0.1, -0.05) is 44.2 Å². The zero-order valence-corrected chi connectivity index (χ0v) is 19.2. The maximum absolute atomic E-state index is 13.1. The van der Waals surface area contributed by atoms with E-state index in [2.05, 4.69) is 16.0 Å². The summed E-state index contributed by atoms with van der Waals surface area (Å²) in [6.45, 7) is 5.86. The zero-order chi connectivity index (χ0) is 25.3. The highest BCUT2D eigenvalue weighted by Crippen LogP contribution is 2.08. The molecule has 0 aliphatic carbocycles. The molecular weight excluding hydrogens is 432 g/mol. The standard InChI is InChI=1S/C22H34N4O7/c1-11(2)17(21(31)26-18(13(4)28)22(32)33)25-19(29)15(10-14-8-6-5-7-9-14)24-20(30)16(23)12(3)27/h5-9,11-13,15-18,27-28H,10,23H2,1-4H3,(H,24,30)(H,25,29)(H,26,31)(H,32,33). The van der Waals surface area contributed by atoms with E-state index in [1.807, 2.05) is 0 Å². The molecule has 0 radical (unpaired) electrons. The molecule has 1 aromatic carbocycles. The lowest BCUT2D eigenvalue weighted by atomic mass is 10.00. The summed E-state index contributed by atoms with van der Waals surface area (Å²) in [4.78, 5) is 49.5. The number of carboxylic acids is 1. The predicted octanol–water partition coefficient (Wildman–Crippen LogP) is -1.49. The number of amides is 3. The van der Waals surface area contributed by atoms with E-state index >= 15 is 0 Å². The normalized spacial score (nSPS) is 16.6. The molecule has 6 atom stereocenters. The molecule has 8 N–H and O–H groups in total. The molecule has 184 valence electrons. The Hall–Kier alpha value is -3.02. The number of nitrogens with two attached hydrogens (primary N) is 1. The summed E-state index contributed by atoms with van der Waals surface area (Å²) in [6.07, 6.45) is -2.42. The van der Waals surface area contributed by atoms with E-state index in [1.54, 1.807) is 44.2 Å². The average molecular weight is 467 g/mol. The van der Waals surface area contributed by atoms with Gasteiger partial charge in [-0.2, -0.15) is 0 Å². The van der Waals surface area contributed by atoms with Gasteiger partial charge in [-0.15, -0.1) is 0 Å². The molecule has 0 spiro atoms. The van der Waals surface area contributed by atoms with Gasteiger partial charge in [0, 0.05) is 6.42 Å². The highest BCUT2D eigenvalue weighted by Gasteiger charge is 2.33. The molecule has 0 saturated heterocycles.